The van der Waals surface area contributed by atoms with E-state index in [2.05, 4.69) is 10.6 Å². The van der Waals surface area contributed by atoms with Crippen molar-refractivity contribution < 1.29 is 38.6 Å². The molecule has 0 aliphatic carbocycles. The van der Waals surface area contributed by atoms with E-state index < -0.39 is 40.9 Å². The van der Waals surface area contributed by atoms with Gasteiger partial charge in [0.1, 0.15) is 23.7 Å². The van der Waals surface area contributed by atoms with Gasteiger partial charge in [-0.3, -0.25) is 24.1 Å². The lowest BCUT2D eigenvalue weighted by molar-refractivity contribution is -0.193. The second kappa shape index (κ2) is 9.40. The van der Waals surface area contributed by atoms with Crippen LogP contribution in [0.15, 0.2) is 41.6 Å². The smallest absolute Gasteiger partial charge is 0.352 e. The quantitative estimate of drug-likeness (QED) is 0.195. The summed E-state index contributed by atoms with van der Waals surface area (Å²) in [7, 11) is 1.22. The van der Waals surface area contributed by atoms with E-state index in [-0.39, 0.29) is 23.6 Å². The summed E-state index contributed by atoms with van der Waals surface area (Å²) >= 11 is 1.15. The van der Waals surface area contributed by atoms with Gasteiger partial charge in [-0.25, -0.2) is 4.79 Å². The number of methoxy groups -OCH3 is 1. The number of thioether (sulfide) groups is 1. The number of nitrogens with zero attached hydrogens (tertiary/aromatic N) is 1. The molecule has 12 heteroatoms. The molecule has 3 amide bonds. The van der Waals surface area contributed by atoms with Gasteiger partial charge in [-0.15, -0.1) is 11.8 Å². The first-order chi connectivity index (χ1) is 15.3. The second-order valence-electron chi connectivity index (χ2n) is 6.93. The number of hydrogen-bond donors (Lipinski definition) is 3. The van der Waals surface area contributed by atoms with Gasteiger partial charge in [0.25, 0.3) is 11.6 Å². The van der Waals surface area contributed by atoms with Gasteiger partial charge < -0.3 is 25.2 Å². The Hall–Kier alpha value is -3.38. The molecule has 2 heterocycles. The molecular formula is C20H21N3O8S. The van der Waals surface area contributed by atoms with Gasteiger partial charge in [0.2, 0.25) is 12.3 Å². The molecule has 2 aliphatic rings. The third-order valence-electron chi connectivity index (χ3n) is 5.02. The molecule has 0 radical (unpaired) electrons. The minimum absolute atomic E-state index is 0.138. The maximum Gasteiger partial charge on any atom is 0.352 e. The van der Waals surface area contributed by atoms with E-state index in [9.17, 15) is 29.1 Å². The number of amides is 3. The number of ether oxygens (including phenoxy) is 2. The number of benzene rings is 1. The van der Waals surface area contributed by atoms with Crippen LogP contribution < -0.4 is 10.6 Å². The molecule has 1 fully saturated rings. The molecule has 0 spiro atoms. The molecule has 1 aromatic rings. The fourth-order valence-electron chi connectivity index (χ4n) is 3.54. The Bertz CT molecular complexity index is 982. The lowest BCUT2D eigenvalue weighted by atomic mass is 9.97. The monoisotopic (exact) mass is 463 g/mol. The average Bonchev–Trinajstić information content (AvgIpc) is 2.78. The predicted octanol–water partition coefficient (Wildman–Crippen LogP) is -0.250. The van der Waals surface area contributed by atoms with E-state index in [0.29, 0.717) is 12.0 Å². The number of fused-ring (bicyclic) bond motifs is 1. The molecule has 3 atom stereocenters. The zero-order valence-electron chi connectivity index (χ0n) is 17.2. The molecule has 0 bridgehead atoms. The topological polar surface area (TPSA) is 151 Å². The lowest BCUT2D eigenvalue weighted by Crippen LogP contribution is -2.81. The Morgan fingerprint density at radius 2 is 2.03 bits per heavy atom. The summed E-state index contributed by atoms with van der Waals surface area (Å²) in [5, 5.41) is 13.7. The minimum atomic E-state index is -1.83. The lowest BCUT2D eigenvalue weighted by Gasteiger charge is -2.55. The number of aliphatic carboxylic acids is 1. The number of rotatable bonds is 9. The Morgan fingerprint density at radius 1 is 1.34 bits per heavy atom. The van der Waals surface area contributed by atoms with E-state index in [0.717, 1.165) is 16.7 Å². The second-order valence-corrected chi connectivity index (χ2v) is 8.00. The summed E-state index contributed by atoms with van der Waals surface area (Å²) < 4.78 is 10.3. The Morgan fingerprint density at radius 3 is 2.59 bits per heavy atom. The summed E-state index contributed by atoms with van der Waals surface area (Å²) in [5.41, 5.74) is -1.40. The predicted molar refractivity (Wildman–Crippen MR) is 111 cm³/mol. The molecule has 3 N–H and O–H groups in total. The molecule has 2 aliphatic heterocycles. The molecule has 3 unspecified atom stereocenters. The van der Waals surface area contributed by atoms with Crippen LogP contribution in [-0.4, -0.2) is 70.7 Å². The SMILES string of the molecule is COC1(NC(=O)C(NC=O)c2ccccc2)C(=O)N2C(C(=O)O)=C(COC(C)=O)CSC21. The van der Waals surface area contributed by atoms with E-state index in [1.54, 1.807) is 30.3 Å². The fraction of sp³-hybridized carbons (Fsp3) is 0.350. The molecule has 0 saturated carbocycles. The van der Waals surface area contributed by atoms with Crippen molar-refractivity contribution in [2.45, 2.75) is 24.1 Å². The van der Waals surface area contributed by atoms with Gasteiger partial charge in [0.15, 0.2) is 0 Å². The van der Waals surface area contributed by atoms with E-state index in [1.807, 2.05) is 0 Å². The Balaban J connectivity index is 1.87. The van der Waals surface area contributed by atoms with Crippen LogP contribution in [0.4, 0.5) is 0 Å². The molecule has 1 aromatic carbocycles. The van der Waals surface area contributed by atoms with Gasteiger partial charge in [-0.05, 0) is 5.56 Å². The van der Waals surface area contributed by atoms with Crippen LogP contribution in [0, 0.1) is 0 Å². The number of esters is 1. The van der Waals surface area contributed by atoms with Crippen LogP contribution in [0.1, 0.15) is 18.5 Å². The van der Waals surface area contributed by atoms with Crippen molar-refractivity contribution in [3.05, 3.63) is 47.2 Å². The van der Waals surface area contributed by atoms with Crippen molar-refractivity contribution in [2.75, 3.05) is 19.5 Å². The molecule has 0 aromatic heterocycles. The zero-order chi connectivity index (χ0) is 23.5. The number of hydrogen-bond acceptors (Lipinski definition) is 8. The number of carbonyl (C=O) groups excluding carboxylic acids is 4. The van der Waals surface area contributed by atoms with Crippen LogP contribution in [0.5, 0.6) is 0 Å². The van der Waals surface area contributed by atoms with Crippen molar-refractivity contribution in [3.8, 4) is 0 Å². The number of nitrogens with one attached hydrogen (secondary N) is 2. The highest BCUT2D eigenvalue weighted by molar-refractivity contribution is 8.00. The first-order valence-electron chi connectivity index (χ1n) is 9.42. The van der Waals surface area contributed by atoms with Crippen LogP contribution in [0.2, 0.25) is 0 Å². The largest absolute Gasteiger partial charge is 0.477 e. The van der Waals surface area contributed by atoms with Gasteiger partial charge in [-0.2, -0.15) is 0 Å². The highest BCUT2D eigenvalue weighted by atomic mass is 32.2. The van der Waals surface area contributed by atoms with Crippen LogP contribution in [0.25, 0.3) is 0 Å². The molecule has 32 heavy (non-hydrogen) atoms. The highest BCUT2D eigenvalue weighted by Crippen LogP contribution is 2.46. The van der Waals surface area contributed by atoms with Gasteiger partial charge >= 0.3 is 11.9 Å². The van der Waals surface area contributed by atoms with Gasteiger partial charge in [0, 0.05) is 25.4 Å². The number of carboxylic acids is 1. The van der Waals surface area contributed by atoms with Crippen molar-refractivity contribution in [1.29, 1.82) is 0 Å². The van der Waals surface area contributed by atoms with Crippen LogP contribution >= 0.6 is 11.8 Å². The van der Waals surface area contributed by atoms with Gasteiger partial charge in [0.05, 0.1) is 0 Å². The molecule has 170 valence electrons. The Labute approximate surface area is 187 Å². The third-order valence-corrected chi connectivity index (χ3v) is 6.40. The van der Waals surface area contributed by atoms with E-state index in [4.69, 9.17) is 9.47 Å². The van der Waals surface area contributed by atoms with Crippen LogP contribution in [-0.2, 0) is 33.4 Å². The zero-order valence-corrected chi connectivity index (χ0v) is 18.0. The van der Waals surface area contributed by atoms with Crippen molar-refractivity contribution in [2.24, 2.45) is 0 Å². The Kier molecular flexibility index (Phi) is 6.84. The fourth-order valence-corrected chi connectivity index (χ4v) is 4.96. The normalized spacial score (nSPS) is 22.9. The van der Waals surface area contributed by atoms with Crippen molar-refractivity contribution >= 4 is 41.9 Å². The molecule has 3 rings (SSSR count). The van der Waals surface area contributed by atoms with Crippen molar-refractivity contribution in [1.82, 2.24) is 15.5 Å². The molecular weight excluding hydrogens is 442 g/mol. The van der Waals surface area contributed by atoms with E-state index >= 15 is 0 Å². The third kappa shape index (κ3) is 4.06. The highest BCUT2D eigenvalue weighted by Gasteiger charge is 2.67. The number of β-lactam (4-membered cyclic amide) rings is 1. The maximum absolute atomic E-state index is 13.1. The summed E-state index contributed by atoms with van der Waals surface area (Å²) in [6.07, 6.45) is 0.369. The van der Waals surface area contributed by atoms with Crippen molar-refractivity contribution in [3.63, 3.8) is 0 Å². The van der Waals surface area contributed by atoms with E-state index in [1.165, 1.54) is 14.0 Å². The average molecular weight is 463 g/mol. The summed E-state index contributed by atoms with van der Waals surface area (Å²) in [5.74, 6) is -3.31. The van der Waals surface area contributed by atoms with Gasteiger partial charge in [-0.1, -0.05) is 30.3 Å². The van der Waals surface area contributed by atoms with Crippen LogP contribution in [0.3, 0.4) is 0 Å². The standard InChI is InChI=1S/C20H21N3O8S/c1-11(25)31-8-13-9-32-19-20(30-2,18(29)23(19)15(13)17(27)28)22-16(26)14(21-10-24)12-6-4-3-5-7-12/h3-7,10,14,19H,8-9H2,1-2H3,(H,21,24)(H,22,26)(H,27,28). The first kappa shape index (κ1) is 23.3. The maximum atomic E-state index is 13.1. The first-order valence-corrected chi connectivity index (χ1v) is 10.5. The number of carboxylic acid groups (broad SMARTS) is 1. The minimum Gasteiger partial charge on any atom is -0.477 e. The summed E-state index contributed by atoms with van der Waals surface area (Å²) in [4.78, 5) is 61.1. The summed E-state index contributed by atoms with van der Waals surface area (Å²) in [6.45, 7) is 0.919. The summed E-state index contributed by atoms with van der Waals surface area (Å²) in [6, 6.07) is 7.31. The molecule has 11 nitrogen and oxygen atoms in total. The molecule has 1 saturated heterocycles. The number of carbonyl (C=O) groups is 5.